The van der Waals surface area contributed by atoms with E-state index in [0.717, 1.165) is 0 Å². The predicted octanol–water partition coefficient (Wildman–Crippen LogP) is 3.91. The van der Waals surface area contributed by atoms with E-state index in [1.165, 1.54) is 6.07 Å². The molecule has 2 aromatic rings. The average Bonchev–Trinajstić information content (AvgIpc) is 2.43. The van der Waals surface area contributed by atoms with Crippen LogP contribution in [0.2, 0.25) is 5.02 Å². The minimum absolute atomic E-state index is 0.135. The first kappa shape index (κ1) is 13.8. The lowest BCUT2D eigenvalue weighted by atomic mass is 10.1. The van der Waals surface area contributed by atoms with Crippen molar-refractivity contribution in [3.8, 4) is 5.75 Å². The van der Waals surface area contributed by atoms with Gasteiger partial charge in [0.25, 0.3) is 0 Å². The van der Waals surface area contributed by atoms with Crippen LogP contribution in [0.1, 0.15) is 5.56 Å². The fraction of sp³-hybridized carbons (Fsp3) is 0.0667. The molecule has 0 spiro atoms. The second kappa shape index (κ2) is 6.04. The first-order valence-electron chi connectivity index (χ1n) is 5.70. The fourth-order valence-corrected chi connectivity index (χ4v) is 2.90. The van der Waals surface area contributed by atoms with Gasteiger partial charge in [-0.1, -0.05) is 36.4 Å². The lowest BCUT2D eigenvalue weighted by molar-refractivity contribution is 0.469. The number of phenolic OH excluding ortho intramolecular Hbond substituents is 1. The molecular formula is C15H13ClO2S. The van der Waals surface area contributed by atoms with Crippen LogP contribution in [0.3, 0.4) is 0 Å². The van der Waals surface area contributed by atoms with Crippen LogP contribution in [0, 0.1) is 0 Å². The number of hydrogen-bond acceptors (Lipinski definition) is 2. The van der Waals surface area contributed by atoms with Crippen molar-refractivity contribution in [2.24, 2.45) is 0 Å². The quantitative estimate of drug-likeness (QED) is 0.927. The van der Waals surface area contributed by atoms with Crippen LogP contribution in [0.15, 0.2) is 64.9 Å². The van der Waals surface area contributed by atoms with Gasteiger partial charge in [-0.05, 0) is 30.3 Å². The van der Waals surface area contributed by atoms with E-state index >= 15 is 0 Å². The Kier molecular flexibility index (Phi) is 4.40. The van der Waals surface area contributed by atoms with Crippen molar-refractivity contribution in [3.63, 3.8) is 0 Å². The monoisotopic (exact) mass is 292 g/mol. The molecule has 2 aromatic carbocycles. The first-order valence-corrected chi connectivity index (χ1v) is 7.22. The molecule has 0 radical (unpaired) electrons. The van der Waals surface area contributed by atoms with Gasteiger partial charge in [0.15, 0.2) is 0 Å². The first-order chi connectivity index (χ1) is 9.08. The summed E-state index contributed by atoms with van der Waals surface area (Å²) in [6.07, 6.45) is 0.327. The lowest BCUT2D eigenvalue weighted by Crippen LogP contribution is -1.99. The summed E-state index contributed by atoms with van der Waals surface area (Å²) in [5, 5.41) is 10.3. The molecule has 1 atom stereocenters. The largest absolute Gasteiger partial charge is 0.508 e. The molecule has 1 N–H and O–H groups in total. The highest BCUT2D eigenvalue weighted by Crippen LogP contribution is 2.25. The Labute approximate surface area is 119 Å². The molecule has 0 heterocycles. The van der Waals surface area contributed by atoms with Crippen molar-refractivity contribution >= 4 is 22.4 Å². The second-order valence-corrected chi connectivity index (χ2v) is 6.09. The number of benzene rings is 2. The topological polar surface area (TPSA) is 37.3 Å². The standard InChI is InChI=1S/C15H13ClO2S/c1-11(19(18)14-5-3-2-4-6-14)9-12-10-13(16)7-8-15(12)17/h2-8,10,17H,1,9H2. The number of halogens is 1. The third-order valence-electron chi connectivity index (χ3n) is 2.65. The predicted molar refractivity (Wildman–Crippen MR) is 78.8 cm³/mol. The van der Waals surface area contributed by atoms with Gasteiger partial charge in [-0.2, -0.15) is 0 Å². The fourth-order valence-electron chi connectivity index (χ4n) is 1.68. The number of allylic oxidation sites excluding steroid dienone is 1. The van der Waals surface area contributed by atoms with Crippen molar-refractivity contribution in [2.45, 2.75) is 11.3 Å². The molecule has 0 bridgehead atoms. The minimum atomic E-state index is -1.29. The van der Waals surface area contributed by atoms with Crippen LogP contribution in [-0.2, 0) is 17.2 Å². The van der Waals surface area contributed by atoms with Crippen LogP contribution in [0.25, 0.3) is 0 Å². The van der Waals surface area contributed by atoms with Crippen LogP contribution in [-0.4, -0.2) is 9.32 Å². The summed E-state index contributed by atoms with van der Waals surface area (Å²) in [6.45, 7) is 3.84. The van der Waals surface area contributed by atoms with E-state index in [0.29, 0.717) is 26.8 Å². The summed E-state index contributed by atoms with van der Waals surface area (Å²) < 4.78 is 12.2. The third-order valence-corrected chi connectivity index (χ3v) is 4.25. The minimum Gasteiger partial charge on any atom is -0.508 e. The van der Waals surface area contributed by atoms with E-state index in [1.807, 2.05) is 18.2 Å². The Morgan fingerprint density at radius 3 is 2.58 bits per heavy atom. The van der Waals surface area contributed by atoms with E-state index < -0.39 is 10.8 Å². The molecular weight excluding hydrogens is 280 g/mol. The summed E-state index contributed by atoms with van der Waals surface area (Å²) in [7, 11) is -1.29. The van der Waals surface area contributed by atoms with E-state index in [2.05, 4.69) is 6.58 Å². The zero-order chi connectivity index (χ0) is 13.8. The molecule has 0 saturated carbocycles. The van der Waals surface area contributed by atoms with Gasteiger partial charge in [0.2, 0.25) is 0 Å². The molecule has 0 saturated heterocycles. The molecule has 19 heavy (non-hydrogen) atoms. The van der Waals surface area contributed by atoms with Gasteiger partial charge in [-0.15, -0.1) is 0 Å². The third kappa shape index (κ3) is 3.46. The average molecular weight is 293 g/mol. The van der Waals surface area contributed by atoms with E-state index in [4.69, 9.17) is 11.6 Å². The maximum absolute atomic E-state index is 12.2. The molecule has 0 aromatic heterocycles. The van der Waals surface area contributed by atoms with Gasteiger partial charge < -0.3 is 5.11 Å². The van der Waals surface area contributed by atoms with Gasteiger partial charge in [0.05, 0.1) is 10.8 Å². The van der Waals surface area contributed by atoms with Crippen molar-refractivity contribution in [2.75, 3.05) is 0 Å². The number of aromatic hydroxyl groups is 1. The number of rotatable bonds is 4. The highest BCUT2D eigenvalue weighted by molar-refractivity contribution is 7.89. The molecule has 1 unspecified atom stereocenters. The smallest absolute Gasteiger partial charge is 0.119 e. The summed E-state index contributed by atoms with van der Waals surface area (Å²) in [5.41, 5.74) is 0.627. The van der Waals surface area contributed by atoms with Crippen LogP contribution >= 0.6 is 11.6 Å². The van der Waals surface area contributed by atoms with Crippen molar-refractivity contribution < 1.29 is 9.32 Å². The second-order valence-electron chi connectivity index (χ2n) is 4.07. The molecule has 0 amide bonds. The van der Waals surface area contributed by atoms with Crippen molar-refractivity contribution in [1.29, 1.82) is 0 Å². The van der Waals surface area contributed by atoms with Gasteiger partial charge in [0, 0.05) is 26.8 Å². The highest BCUT2D eigenvalue weighted by atomic mass is 35.5. The number of hydrogen-bond donors (Lipinski definition) is 1. The number of phenols is 1. The maximum Gasteiger partial charge on any atom is 0.119 e. The zero-order valence-corrected chi connectivity index (χ0v) is 11.7. The molecule has 0 aliphatic heterocycles. The van der Waals surface area contributed by atoms with Crippen molar-refractivity contribution in [3.05, 3.63) is 70.6 Å². The Balaban J connectivity index is 2.18. The summed E-state index contributed by atoms with van der Waals surface area (Å²) in [4.78, 5) is 1.23. The molecule has 98 valence electrons. The molecule has 2 rings (SSSR count). The molecule has 2 nitrogen and oxygen atoms in total. The van der Waals surface area contributed by atoms with Crippen LogP contribution in [0.4, 0.5) is 0 Å². The van der Waals surface area contributed by atoms with Gasteiger partial charge >= 0.3 is 0 Å². The lowest BCUT2D eigenvalue weighted by Gasteiger charge is -2.08. The van der Waals surface area contributed by atoms with E-state index in [9.17, 15) is 9.32 Å². The summed E-state index contributed by atoms with van der Waals surface area (Å²) >= 11 is 5.88. The van der Waals surface area contributed by atoms with E-state index in [-0.39, 0.29) is 5.75 Å². The highest BCUT2D eigenvalue weighted by Gasteiger charge is 2.11. The van der Waals surface area contributed by atoms with Crippen molar-refractivity contribution in [1.82, 2.24) is 0 Å². The van der Waals surface area contributed by atoms with E-state index in [1.54, 1.807) is 24.3 Å². The van der Waals surface area contributed by atoms with Crippen LogP contribution in [0.5, 0.6) is 5.75 Å². The molecule has 0 aliphatic rings. The Hall–Kier alpha value is -1.58. The van der Waals surface area contributed by atoms with Gasteiger partial charge in [-0.25, -0.2) is 4.21 Å². The Morgan fingerprint density at radius 1 is 1.21 bits per heavy atom. The SMILES string of the molecule is C=C(Cc1cc(Cl)ccc1O)S(=O)c1ccccc1. The van der Waals surface area contributed by atoms with Crippen LogP contribution < -0.4 is 0 Å². The molecule has 0 aliphatic carbocycles. The summed E-state index contributed by atoms with van der Waals surface area (Å²) in [6, 6.07) is 13.9. The Morgan fingerprint density at radius 2 is 1.89 bits per heavy atom. The van der Waals surface area contributed by atoms with Gasteiger partial charge in [0.1, 0.15) is 5.75 Å². The molecule has 4 heteroatoms. The summed E-state index contributed by atoms with van der Waals surface area (Å²) in [5.74, 6) is 0.135. The normalized spacial score (nSPS) is 12.1. The molecule has 0 fully saturated rings. The maximum atomic E-state index is 12.2. The zero-order valence-electron chi connectivity index (χ0n) is 10.2. The Bertz CT molecular complexity index is 623. The van der Waals surface area contributed by atoms with Gasteiger partial charge in [-0.3, -0.25) is 0 Å².